The topological polar surface area (TPSA) is 83.6 Å². The molecule has 1 saturated heterocycles. The fraction of sp³-hybridized carbons (Fsp3) is 0.333. The SMILES string of the molecule is NCC1CC(=O)N(c2cc(F)c(C(=O)O)cc2F)C1. The fourth-order valence-corrected chi connectivity index (χ4v) is 2.08. The van der Waals surface area contributed by atoms with Crippen LogP contribution in [0.25, 0.3) is 0 Å². The first-order valence-corrected chi connectivity index (χ1v) is 5.66. The molecule has 2 rings (SSSR count). The normalized spacial score (nSPS) is 19.0. The van der Waals surface area contributed by atoms with E-state index in [4.69, 9.17) is 10.8 Å². The van der Waals surface area contributed by atoms with Gasteiger partial charge in [-0.25, -0.2) is 13.6 Å². The van der Waals surface area contributed by atoms with E-state index in [2.05, 4.69) is 0 Å². The van der Waals surface area contributed by atoms with Gasteiger partial charge in [0.25, 0.3) is 0 Å². The monoisotopic (exact) mass is 270 g/mol. The van der Waals surface area contributed by atoms with E-state index in [0.717, 1.165) is 11.0 Å². The van der Waals surface area contributed by atoms with Crippen molar-refractivity contribution < 1.29 is 23.5 Å². The third-order valence-corrected chi connectivity index (χ3v) is 3.10. The zero-order valence-electron chi connectivity index (χ0n) is 9.90. The van der Waals surface area contributed by atoms with Gasteiger partial charge in [-0.05, 0) is 18.5 Å². The van der Waals surface area contributed by atoms with Crippen LogP contribution in [0.2, 0.25) is 0 Å². The number of carbonyl (C=O) groups is 2. The average molecular weight is 270 g/mol. The maximum atomic E-state index is 13.8. The van der Waals surface area contributed by atoms with Gasteiger partial charge in [0.05, 0.1) is 11.3 Å². The minimum absolute atomic E-state index is 0.103. The average Bonchev–Trinajstić information content (AvgIpc) is 2.72. The predicted molar refractivity (Wildman–Crippen MR) is 62.8 cm³/mol. The summed E-state index contributed by atoms with van der Waals surface area (Å²) in [4.78, 5) is 23.5. The fourth-order valence-electron chi connectivity index (χ4n) is 2.08. The van der Waals surface area contributed by atoms with Crippen molar-refractivity contribution in [3.8, 4) is 0 Å². The Hall–Kier alpha value is -2.02. The van der Waals surface area contributed by atoms with E-state index in [1.807, 2.05) is 0 Å². The number of carboxylic acid groups (broad SMARTS) is 1. The summed E-state index contributed by atoms with van der Waals surface area (Å²) in [6, 6.07) is 1.31. The quantitative estimate of drug-likeness (QED) is 0.857. The van der Waals surface area contributed by atoms with Crippen LogP contribution in [0.15, 0.2) is 12.1 Å². The highest BCUT2D eigenvalue weighted by molar-refractivity contribution is 5.96. The van der Waals surface area contributed by atoms with Crippen molar-refractivity contribution in [2.45, 2.75) is 6.42 Å². The lowest BCUT2D eigenvalue weighted by atomic mass is 10.1. The molecule has 1 atom stereocenters. The van der Waals surface area contributed by atoms with Gasteiger partial charge in [0.15, 0.2) is 0 Å². The minimum atomic E-state index is -1.56. The molecule has 19 heavy (non-hydrogen) atoms. The molecule has 3 N–H and O–H groups in total. The van der Waals surface area contributed by atoms with E-state index in [1.165, 1.54) is 0 Å². The van der Waals surface area contributed by atoms with Crippen LogP contribution in [0.3, 0.4) is 0 Å². The van der Waals surface area contributed by atoms with Crippen LogP contribution < -0.4 is 10.6 Å². The maximum Gasteiger partial charge on any atom is 0.338 e. The van der Waals surface area contributed by atoms with Crippen LogP contribution in [-0.2, 0) is 4.79 Å². The van der Waals surface area contributed by atoms with Crippen LogP contribution in [-0.4, -0.2) is 30.1 Å². The lowest BCUT2D eigenvalue weighted by molar-refractivity contribution is -0.117. The van der Waals surface area contributed by atoms with Gasteiger partial charge in [-0.1, -0.05) is 0 Å². The summed E-state index contributed by atoms with van der Waals surface area (Å²) in [7, 11) is 0. The van der Waals surface area contributed by atoms with Crippen LogP contribution >= 0.6 is 0 Å². The standard InChI is InChI=1S/C12H12F2N2O3/c13-8-3-10(9(14)2-7(8)12(18)19)16-5-6(4-15)1-11(16)17/h2-3,6H,1,4-5,15H2,(H,18,19). The molecule has 0 spiro atoms. The van der Waals surface area contributed by atoms with E-state index < -0.39 is 23.2 Å². The number of rotatable bonds is 3. The molecule has 0 radical (unpaired) electrons. The van der Waals surface area contributed by atoms with Gasteiger partial charge in [0.2, 0.25) is 5.91 Å². The third-order valence-electron chi connectivity index (χ3n) is 3.10. The second kappa shape index (κ2) is 4.93. The number of carboxylic acids is 1. The smallest absolute Gasteiger partial charge is 0.338 e. The molecular weight excluding hydrogens is 258 g/mol. The van der Waals surface area contributed by atoms with Crippen LogP contribution in [0, 0.1) is 17.6 Å². The highest BCUT2D eigenvalue weighted by atomic mass is 19.1. The van der Waals surface area contributed by atoms with E-state index in [-0.39, 0.29) is 37.0 Å². The first-order valence-electron chi connectivity index (χ1n) is 5.66. The first kappa shape index (κ1) is 13.4. The Labute approximate surface area is 107 Å². The van der Waals surface area contributed by atoms with Crippen LogP contribution in [0.1, 0.15) is 16.8 Å². The molecule has 0 bridgehead atoms. The van der Waals surface area contributed by atoms with Gasteiger partial charge in [-0.15, -0.1) is 0 Å². The Bertz CT molecular complexity index is 548. The third kappa shape index (κ3) is 2.41. The number of aromatic carboxylic acids is 1. The lowest BCUT2D eigenvalue weighted by Crippen LogP contribution is -2.27. The molecule has 1 aromatic carbocycles. The number of anilines is 1. The van der Waals surface area contributed by atoms with Crippen molar-refractivity contribution in [3.63, 3.8) is 0 Å². The Balaban J connectivity index is 2.39. The molecule has 1 unspecified atom stereocenters. The van der Waals surface area contributed by atoms with Crippen molar-refractivity contribution in [3.05, 3.63) is 29.3 Å². The lowest BCUT2D eigenvalue weighted by Gasteiger charge is -2.18. The van der Waals surface area contributed by atoms with Crippen molar-refractivity contribution in [2.75, 3.05) is 18.0 Å². The second-order valence-electron chi connectivity index (χ2n) is 4.40. The highest BCUT2D eigenvalue weighted by Crippen LogP contribution is 2.29. The van der Waals surface area contributed by atoms with Gasteiger partial charge < -0.3 is 15.7 Å². The number of carbonyl (C=O) groups excluding carboxylic acids is 1. The number of nitrogens with zero attached hydrogens (tertiary/aromatic N) is 1. The highest BCUT2D eigenvalue weighted by Gasteiger charge is 2.32. The summed E-state index contributed by atoms with van der Waals surface area (Å²) in [6.07, 6.45) is 0.179. The summed E-state index contributed by atoms with van der Waals surface area (Å²) >= 11 is 0. The van der Waals surface area contributed by atoms with Crippen molar-refractivity contribution in [1.82, 2.24) is 0 Å². The summed E-state index contributed by atoms with van der Waals surface area (Å²) < 4.78 is 27.3. The maximum absolute atomic E-state index is 13.8. The van der Waals surface area contributed by atoms with Crippen LogP contribution in [0.5, 0.6) is 0 Å². The largest absolute Gasteiger partial charge is 0.478 e. The van der Waals surface area contributed by atoms with E-state index in [1.54, 1.807) is 0 Å². The van der Waals surface area contributed by atoms with E-state index in [9.17, 15) is 18.4 Å². The molecule has 1 aliphatic rings. The molecule has 0 aromatic heterocycles. The Morgan fingerprint density at radius 2 is 2.11 bits per heavy atom. The van der Waals surface area contributed by atoms with Gasteiger partial charge in [0.1, 0.15) is 11.6 Å². The Kier molecular flexibility index (Phi) is 3.48. The zero-order chi connectivity index (χ0) is 14.2. The van der Waals surface area contributed by atoms with Gasteiger partial charge in [-0.2, -0.15) is 0 Å². The number of hydrogen-bond donors (Lipinski definition) is 2. The van der Waals surface area contributed by atoms with Crippen molar-refractivity contribution in [2.24, 2.45) is 11.7 Å². The number of halogens is 2. The molecule has 0 aliphatic carbocycles. The van der Waals surface area contributed by atoms with E-state index in [0.29, 0.717) is 6.07 Å². The number of amides is 1. The number of benzene rings is 1. The Morgan fingerprint density at radius 1 is 1.42 bits per heavy atom. The second-order valence-corrected chi connectivity index (χ2v) is 4.40. The molecule has 1 aromatic rings. The predicted octanol–water partition coefficient (Wildman–Crippen LogP) is 0.975. The first-order chi connectivity index (χ1) is 8.93. The molecule has 0 saturated carbocycles. The molecule has 1 fully saturated rings. The number of hydrogen-bond acceptors (Lipinski definition) is 3. The molecule has 7 heteroatoms. The molecule has 1 aliphatic heterocycles. The molecule has 102 valence electrons. The molecule has 5 nitrogen and oxygen atoms in total. The minimum Gasteiger partial charge on any atom is -0.478 e. The zero-order valence-corrected chi connectivity index (χ0v) is 9.90. The summed E-state index contributed by atoms with van der Waals surface area (Å²) in [5, 5.41) is 8.67. The molecular formula is C12H12F2N2O3. The number of nitrogens with two attached hydrogens (primary N) is 1. The van der Waals surface area contributed by atoms with Crippen molar-refractivity contribution in [1.29, 1.82) is 0 Å². The summed E-state index contributed by atoms with van der Waals surface area (Å²) in [5.74, 6) is -4.03. The molecule has 1 amide bonds. The van der Waals surface area contributed by atoms with Crippen LogP contribution in [0.4, 0.5) is 14.5 Å². The van der Waals surface area contributed by atoms with Crippen molar-refractivity contribution >= 4 is 17.6 Å². The van der Waals surface area contributed by atoms with E-state index >= 15 is 0 Å². The molecule has 1 heterocycles. The Morgan fingerprint density at radius 3 is 2.63 bits per heavy atom. The summed E-state index contributed by atoms with van der Waals surface area (Å²) in [5.41, 5.74) is 4.44. The van der Waals surface area contributed by atoms with Gasteiger partial charge in [0, 0.05) is 19.0 Å². The van der Waals surface area contributed by atoms with Gasteiger partial charge >= 0.3 is 5.97 Å². The van der Waals surface area contributed by atoms with Gasteiger partial charge in [-0.3, -0.25) is 4.79 Å². The summed E-state index contributed by atoms with van der Waals surface area (Å²) in [6.45, 7) is 0.484.